The van der Waals surface area contributed by atoms with Gasteiger partial charge >= 0.3 is 0 Å². The number of hydrogen-bond donors (Lipinski definition) is 0. The van der Waals surface area contributed by atoms with Crippen molar-refractivity contribution in [2.24, 2.45) is 0 Å². The van der Waals surface area contributed by atoms with E-state index in [1.807, 2.05) is 18.3 Å². The number of benzene rings is 2. The van der Waals surface area contributed by atoms with Gasteiger partial charge in [0.25, 0.3) is 0 Å². The molecular formula is C23H24ClNS. The molecule has 0 bridgehead atoms. The maximum absolute atomic E-state index is 6.26. The zero-order valence-corrected chi connectivity index (χ0v) is 17.2. The van der Waals surface area contributed by atoms with Crippen molar-refractivity contribution < 1.29 is 0 Å². The molecule has 0 saturated carbocycles. The van der Waals surface area contributed by atoms with Crippen LogP contribution in [0.5, 0.6) is 0 Å². The van der Waals surface area contributed by atoms with E-state index < -0.39 is 0 Å². The van der Waals surface area contributed by atoms with Crippen LogP contribution in [0.4, 0.5) is 0 Å². The van der Waals surface area contributed by atoms with Gasteiger partial charge in [-0.15, -0.1) is 11.3 Å². The summed E-state index contributed by atoms with van der Waals surface area (Å²) in [4.78, 5) is 5.70. The van der Waals surface area contributed by atoms with Crippen molar-refractivity contribution in [2.75, 3.05) is 0 Å². The lowest BCUT2D eigenvalue weighted by Crippen LogP contribution is -1.91. The summed E-state index contributed by atoms with van der Waals surface area (Å²) in [6.07, 6.45) is 1.95. The fraction of sp³-hybridized carbons (Fsp3) is 0.261. The summed E-state index contributed by atoms with van der Waals surface area (Å²) in [5.41, 5.74) is 1.17. The van der Waals surface area contributed by atoms with E-state index in [9.17, 15) is 0 Å². The van der Waals surface area contributed by atoms with E-state index in [2.05, 4.69) is 75.1 Å². The van der Waals surface area contributed by atoms with E-state index in [0.29, 0.717) is 11.8 Å². The average Bonchev–Trinajstić information content (AvgIpc) is 2.99. The molecule has 2 heterocycles. The van der Waals surface area contributed by atoms with Crippen molar-refractivity contribution in [3.8, 4) is 0 Å². The number of pyridine rings is 1. The van der Waals surface area contributed by atoms with Crippen molar-refractivity contribution in [1.29, 1.82) is 0 Å². The summed E-state index contributed by atoms with van der Waals surface area (Å²) in [5, 5.41) is 4.63. The van der Waals surface area contributed by atoms with Gasteiger partial charge in [0, 0.05) is 32.2 Å². The molecule has 2 aromatic carbocycles. The van der Waals surface area contributed by atoms with Crippen LogP contribution in [0.1, 0.15) is 50.1 Å². The summed E-state index contributed by atoms with van der Waals surface area (Å²) in [6, 6.07) is 18.8. The van der Waals surface area contributed by atoms with Gasteiger partial charge in [-0.05, 0) is 29.4 Å². The third-order valence-electron chi connectivity index (χ3n) is 4.33. The van der Waals surface area contributed by atoms with E-state index in [1.165, 1.54) is 31.4 Å². The van der Waals surface area contributed by atoms with Gasteiger partial charge in [-0.2, -0.15) is 0 Å². The van der Waals surface area contributed by atoms with Gasteiger partial charge < -0.3 is 0 Å². The second kappa shape index (κ2) is 8.20. The number of halogens is 1. The van der Waals surface area contributed by atoms with Crippen molar-refractivity contribution in [3.63, 3.8) is 0 Å². The normalized spacial score (nSPS) is 11.2. The molecule has 0 spiro atoms. The number of fused-ring (bicyclic) bond motifs is 2. The molecule has 0 N–H and O–H groups in total. The molecule has 0 fully saturated rings. The molecule has 0 saturated heterocycles. The largest absolute Gasteiger partial charge is 0.260 e. The highest BCUT2D eigenvalue weighted by atomic mass is 35.5. The molecule has 0 amide bonds. The molecule has 0 aliphatic heterocycles. The molecule has 0 aliphatic carbocycles. The summed E-state index contributed by atoms with van der Waals surface area (Å²) >= 11 is 8.06. The molecule has 0 atom stereocenters. The summed E-state index contributed by atoms with van der Waals surface area (Å²) in [6.45, 7) is 8.68. The number of rotatable bonds is 2. The van der Waals surface area contributed by atoms with Gasteiger partial charge in [0.1, 0.15) is 0 Å². The van der Waals surface area contributed by atoms with Gasteiger partial charge in [0.05, 0.1) is 5.02 Å². The highest BCUT2D eigenvalue weighted by Gasteiger charge is 2.11. The van der Waals surface area contributed by atoms with Crippen molar-refractivity contribution in [2.45, 2.75) is 39.5 Å². The zero-order chi connectivity index (χ0) is 18.7. The second-order valence-electron chi connectivity index (χ2n) is 7.04. The Morgan fingerprint density at radius 3 is 2.15 bits per heavy atom. The van der Waals surface area contributed by atoms with Crippen molar-refractivity contribution >= 4 is 43.8 Å². The Kier molecular flexibility index (Phi) is 5.95. The molecule has 0 radical (unpaired) electrons. The molecule has 4 rings (SSSR count). The lowest BCUT2D eigenvalue weighted by molar-refractivity contribution is 0.826. The van der Waals surface area contributed by atoms with Gasteiger partial charge in [-0.3, -0.25) is 4.98 Å². The monoisotopic (exact) mass is 381 g/mol. The predicted octanol–water partition coefficient (Wildman–Crippen LogP) is 8.04. The number of nitrogens with zero attached hydrogens (tertiary/aromatic N) is 1. The molecule has 0 aliphatic rings. The standard InChI is InChI=1S/C12H13N.C11H11ClS/c1-9(2)12-7-10-5-3-4-6-11(10)8-13-12;1-7(2)11-10(12)8-5-3-4-6-9(8)13-11/h3-9H,1-2H3;3-7H,1-2H3. The SMILES string of the molecule is CC(C)c1cc2ccccc2cn1.CC(C)c1sc2ccccc2c1Cl. The van der Waals surface area contributed by atoms with Crippen LogP contribution in [0.25, 0.3) is 20.9 Å². The quantitative estimate of drug-likeness (QED) is 0.342. The Morgan fingerprint density at radius 1 is 0.846 bits per heavy atom. The van der Waals surface area contributed by atoms with Crippen LogP contribution in [-0.2, 0) is 0 Å². The van der Waals surface area contributed by atoms with Crippen LogP contribution < -0.4 is 0 Å². The first-order valence-corrected chi connectivity index (χ1v) is 10.2. The van der Waals surface area contributed by atoms with Gasteiger partial charge in [0.2, 0.25) is 0 Å². The molecule has 134 valence electrons. The Hall–Kier alpha value is -1.90. The molecule has 3 heteroatoms. The van der Waals surface area contributed by atoms with Crippen LogP contribution >= 0.6 is 22.9 Å². The van der Waals surface area contributed by atoms with E-state index in [1.54, 1.807) is 11.3 Å². The number of thiophene rings is 1. The number of hydrogen-bond acceptors (Lipinski definition) is 2. The van der Waals surface area contributed by atoms with Gasteiger partial charge in [-0.1, -0.05) is 81.8 Å². The third-order valence-corrected chi connectivity index (χ3v) is 6.32. The Balaban J connectivity index is 0.000000151. The summed E-state index contributed by atoms with van der Waals surface area (Å²) in [5.74, 6) is 1.02. The minimum Gasteiger partial charge on any atom is -0.260 e. The molecule has 2 aromatic heterocycles. The average molecular weight is 382 g/mol. The molecule has 26 heavy (non-hydrogen) atoms. The fourth-order valence-corrected chi connectivity index (χ4v) is 4.47. The van der Waals surface area contributed by atoms with E-state index in [4.69, 9.17) is 11.6 Å². The number of aromatic nitrogens is 1. The van der Waals surface area contributed by atoms with Crippen LogP contribution in [0, 0.1) is 0 Å². The Labute approximate surface area is 164 Å². The van der Waals surface area contributed by atoms with Crippen LogP contribution in [0.2, 0.25) is 5.02 Å². The van der Waals surface area contributed by atoms with E-state index >= 15 is 0 Å². The molecule has 0 unspecified atom stereocenters. The predicted molar refractivity (Wildman–Crippen MR) is 117 cm³/mol. The minimum absolute atomic E-state index is 0.504. The topological polar surface area (TPSA) is 12.9 Å². The summed E-state index contributed by atoms with van der Waals surface area (Å²) < 4.78 is 1.29. The first-order valence-electron chi connectivity index (χ1n) is 8.99. The molecule has 4 aromatic rings. The first kappa shape index (κ1) is 18.9. The zero-order valence-electron chi connectivity index (χ0n) is 15.7. The Morgan fingerprint density at radius 2 is 1.50 bits per heavy atom. The van der Waals surface area contributed by atoms with Gasteiger partial charge in [-0.25, -0.2) is 0 Å². The first-order chi connectivity index (χ1) is 12.5. The Bertz CT molecular complexity index is 1020. The maximum atomic E-state index is 6.26. The van der Waals surface area contributed by atoms with Gasteiger partial charge in [0.15, 0.2) is 0 Å². The smallest absolute Gasteiger partial charge is 0.0626 e. The lowest BCUT2D eigenvalue weighted by Gasteiger charge is -2.04. The van der Waals surface area contributed by atoms with E-state index in [0.717, 1.165) is 5.02 Å². The van der Waals surface area contributed by atoms with Crippen LogP contribution in [0.3, 0.4) is 0 Å². The third kappa shape index (κ3) is 4.08. The van der Waals surface area contributed by atoms with E-state index in [-0.39, 0.29) is 0 Å². The van der Waals surface area contributed by atoms with Crippen molar-refractivity contribution in [3.05, 3.63) is 76.4 Å². The molecular weight excluding hydrogens is 358 g/mol. The highest BCUT2D eigenvalue weighted by Crippen LogP contribution is 2.39. The maximum Gasteiger partial charge on any atom is 0.0626 e. The van der Waals surface area contributed by atoms with Crippen LogP contribution in [0.15, 0.2) is 60.8 Å². The minimum atomic E-state index is 0.504. The second-order valence-corrected chi connectivity index (χ2v) is 8.50. The fourth-order valence-electron chi connectivity index (χ4n) is 2.82. The van der Waals surface area contributed by atoms with Crippen molar-refractivity contribution in [1.82, 2.24) is 4.98 Å². The van der Waals surface area contributed by atoms with Crippen LogP contribution in [-0.4, -0.2) is 4.98 Å². The lowest BCUT2D eigenvalue weighted by atomic mass is 10.1. The summed E-state index contributed by atoms with van der Waals surface area (Å²) in [7, 11) is 0. The highest BCUT2D eigenvalue weighted by molar-refractivity contribution is 7.19. The molecule has 1 nitrogen and oxygen atoms in total.